The number of amides is 2. The Morgan fingerprint density at radius 3 is 2.32 bits per heavy atom. The van der Waals surface area contributed by atoms with Gasteiger partial charge in [-0.25, -0.2) is 5.43 Å². The van der Waals surface area contributed by atoms with Crippen molar-refractivity contribution < 1.29 is 14.3 Å². The predicted octanol–water partition coefficient (Wildman–Crippen LogP) is 2.77. The van der Waals surface area contributed by atoms with Gasteiger partial charge in [-0.2, -0.15) is 5.10 Å². The smallest absolute Gasteiger partial charge is 0.329 e. The summed E-state index contributed by atoms with van der Waals surface area (Å²) in [5, 5.41) is 6.95. The van der Waals surface area contributed by atoms with Crippen molar-refractivity contribution >= 4 is 41.2 Å². The molecule has 130 valence electrons. The van der Waals surface area contributed by atoms with E-state index >= 15 is 0 Å². The van der Waals surface area contributed by atoms with Crippen molar-refractivity contribution in [1.82, 2.24) is 10.7 Å². The Bertz CT molecular complexity index is 772. The zero-order valence-electron chi connectivity index (χ0n) is 13.3. The first-order chi connectivity index (χ1) is 12.0. The number of halogens is 2. The van der Waals surface area contributed by atoms with Crippen LogP contribution in [0.3, 0.4) is 0 Å². The van der Waals surface area contributed by atoms with Crippen molar-refractivity contribution in [2.24, 2.45) is 5.10 Å². The molecule has 0 heterocycles. The third-order valence-electron chi connectivity index (χ3n) is 3.18. The Hall–Kier alpha value is -2.57. The number of hydrogen-bond acceptors (Lipinski definition) is 4. The predicted molar refractivity (Wildman–Crippen MR) is 97.0 cm³/mol. The molecule has 0 saturated heterocycles. The van der Waals surface area contributed by atoms with E-state index in [0.29, 0.717) is 21.4 Å². The van der Waals surface area contributed by atoms with Gasteiger partial charge >= 0.3 is 11.8 Å². The first kappa shape index (κ1) is 18.8. The number of benzene rings is 2. The quantitative estimate of drug-likeness (QED) is 0.476. The van der Waals surface area contributed by atoms with Crippen molar-refractivity contribution in [3.63, 3.8) is 0 Å². The van der Waals surface area contributed by atoms with Crippen LogP contribution in [-0.4, -0.2) is 25.1 Å². The van der Waals surface area contributed by atoms with Crippen molar-refractivity contribution in [3.05, 3.63) is 63.6 Å². The number of hydrogen-bond donors (Lipinski definition) is 2. The fourth-order valence-corrected chi connectivity index (χ4v) is 2.34. The highest BCUT2D eigenvalue weighted by Gasteiger charge is 2.12. The van der Waals surface area contributed by atoms with E-state index in [4.69, 9.17) is 27.9 Å². The summed E-state index contributed by atoms with van der Waals surface area (Å²) in [6.45, 7) is 0.205. The number of hydrazone groups is 1. The zero-order chi connectivity index (χ0) is 18.2. The van der Waals surface area contributed by atoms with Crippen molar-refractivity contribution in [1.29, 1.82) is 0 Å². The second-order valence-corrected chi connectivity index (χ2v) is 5.68. The fourth-order valence-electron chi connectivity index (χ4n) is 1.85. The van der Waals surface area contributed by atoms with Gasteiger partial charge in [-0.05, 0) is 29.8 Å². The van der Waals surface area contributed by atoms with Crippen LogP contribution in [0.5, 0.6) is 5.75 Å². The monoisotopic (exact) mass is 379 g/mol. The summed E-state index contributed by atoms with van der Waals surface area (Å²) in [6.07, 6.45) is 1.28. The van der Waals surface area contributed by atoms with Gasteiger partial charge in [0.15, 0.2) is 0 Å². The third-order valence-corrected chi connectivity index (χ3v) is 3.84. The van der Waals surface area contributed by atoms with Crippen LogP contribution < -0.4 is 15.5 Å². The highest BCUT2D eigenvalue weighted by Crippen LogP contribution is 2.21. The molecule has 0 bridgehead atoms. The molecule has 2 N–H and O–H groups in total. The molecule has 0 spiro atoms. The third kappa shape index (κ3) is 5.48. The second kappa shape index (κ2) is 9.05. The molecule has 0 saturated carbocycles. The number of carbonyl (C=O) groups is 2. The van der Waals surface area contributed by atoms with Crippen LogP contribution in [0.2, 0.25) is 10.0 Å². The summed E-state index contributed by atoms with van der Waals surface area (Å²) < 4.78 is 5.04. The molecular formula is C17H15Cl2N3O3. The molecule has 25 heavy (non-hydrogen) atoms. The van der Waals surface area contributed by atoms with Gasteiger partial charge in [-0.3, -0.25) is 9.59 Å². The van der Waals surface area contributed by atoms with Crippen LogP contribution >= 0.6 is 23.2 Å². The number of methoxy groups -OCH3 is 1. The molecule has 8 heteroatoms. The molecule has 0 radical (unpaired) electrons. The first-order valence-electron chi connectivity index (χ1n) is 7.19. The average Bonchev–Trinajstić information content (AvgIpc) is 2.62. The van der Waals surface area contributed by atoms with Gasteiger partial charge in [0, 0.05) is 12.1 Å². The van der Waals surface area contributed by atoms with Gasteiger partial charge in [-0.15, -0.1) is 0 Å². The van der Waals surface area contributed by atoms with E-state index in [9.17, 15) is 9.59 Å². The molecule has 0 atom stereocenters. The molecule has 2 aromatic carbocycles. The molecule has 0 aliphatic carbocycles. The van der Waals surface area contributed by atoms with Gasteiger partial charge in [-0.1, -0.05) is 41.4 Å². The Kier molecular flexibility index (Phi) is 6.80. The van der Waals surface area contributed by atoms with E-state index in [1.165, 1.54) is 6.21 Å². The summed E-state index contributed by atoms with van der Waals surface area (Å²) in [4.78, 5) is 23.4. The van der Waals surface area contributed by atoms with Crippen molar-refractivity contribution in [2.45, 2.75) is 6.54 Å². The summed E-state index contributed by atoms with van der Waals surface area (Å²) in [7, 11) is 1.57. The van der Waals surface area contributed by atoms with Crippen LogP contribution in [0, 0.1) is 0 Å². The Balaban J connectivity index is 1.85. The van der Waals surface area contributed by atoms with Gasteiger partial charge < -0.3 is 10.1 Å². The maximum atomic E-state index is 11.7. The van der Waals surface area contributed by atoms with E-state index in [2.05, 4.69) is 15.8 Å². The number of nitrogens with zero attached hydrogens (tertiary/aromatic N) is 1. The molecule has 2 amide bonds. The van der Waals surface area contributed by atoms with Gasteiger partial charge in [0.25, 0.3) is 0 Å². The summed E-state index contributed by atoms with van der Waals surface area (Å²) in [6, 6.07) is 12.1. The van der Waals surface area contributed by atoms with Crippen molar-refractivity contribution in [3.8, 4) is 5.75 Å². The lowest BCUT2D eigenvalue weighted by Crippen LogP contribution is -2.37. The molecule has 6 nitrogen and oxygen atoms in total. The van der Waals surface area contributed by atoms with Gasteiger partial charge in [0.2, 0.25) is 0 Å². The minimum atomic E-state index is -0.895. The standard InChI is InChI=1S/C17H15Cl2N3O3/c1-25-12-7-5-11(6-8-12)9-20-16(23)17(24)22-21-10-13-14(18)3-2-4-15(13)19/h2-8,10H,9H2,1H3,(H,20,23)(H,22,24)/b21-10+. The first-order valence-corrected chi connectivity index (χ1v) is 7.95. The normalized spacial score (nSPS) is 10.5. The lowest BCUT2D eigenvalue weighted by molar-refractivity contribution is -0.139. The molecule has 0 aliphatic rings. The lowest BCUT2D eigenvalue weighted by Gasteiger charge is -2.05. The van der Waals surface area contributed by atoms with E-state index in [-0.39, 0.29) is 6.54 Å². The van der Waals surface area contributed by atoms with Gasteiger partial charge in [0.1, 0.15) is 5.75 Å². The van der Waals surface area contributed by atoms with Crippen LogP contribution in [-0.2, 0) is 16.1 Å². The number of rotatable bonds is 5. The van der Waals surface area contributed by atoms with Crippen molar-refractivity contribution in [2.75, 3.05) is 7.11 Å². The van der Waals surface area contributed by atoms with E-state index < -0.39 is 11.8 Å². The topological polar surface area (TPSA) is 79.8 Å². The molecule has 2 aromatic rings. The number of nitrogens with one attached hydrogen (secondary N) is 2. The van der Waals surface area contributed by atoms with E-state index in [0.717, 1.165) is 5.56 Å². The zero-order valence-corrected chi connectivity index (χ0v) is 14.8. The molecular weight excluding hydrogens is 365 g/mol. The minimum absolute atomic E-state index is 0.205. The Morgan fingerprint density at radius 1 is 1.08 bits per heavy atom. The summed E-state index contributed by atoms with van der Waals surface area (Å²) in [5.41, 5.74) is 3.40. The Labute approximate surface area is 154 Å². The highest BCUT2D eigenvalue weighted by molar-refractivity contribution is 6.38. The van der Waals surface area contributed by atoms with Crippen LogP contribution in [0.15, 0.2) is 47.6 Å². The number of ether oxygens (including phenoxy) is 1. The highest BCUT2D eigenvalue weighted by atomic mass is 35.5. The summed E-state index contributed by atoms with van der Waals surface area (Å²) in [5.74, 6) is -0.994. The number of carbonyl (C=O) groups excluding carboxylic acids is 2. The molecule has 0 aliphatic heterocycles. The Morgan fingerprint density at radius 2 is 1.72 bits per heavy atom. The fraction of sp³-hybridized carbons (Fsp3) is 0.118. The maximum absolute atomic E-state index is 11.7. The summed E-state index contributed by atoms with van der Waals surface area (Å²) >= 11 is 11.9. The minimum Gasteiger partial charge on any atom is -0.497 e. The van der Waals surface area contributed by atoms with Crippen LogP contribution in [0.1, 0.15) is 11.1 Å². The molecule has 0 aromatic heterocycles. The largest absolute Gasteiger partial charge is 0.497 e. The second-order valence-electron chi connectivity index (χ2n) is 4.87. The average molecular weight is 380 g/mol. The van der Waals surface area contributed by atoms with Gasteiger partial charge in [0.05, 0.1) is 23.4 Å². The van der Waals surface area contributed by atoms with Crippen LogP contribution in [0.4, 0.5) is 0 Å². The van der Waals surface area contributed by atoms with E-state index in [1.54, 1.807) is 49.6 Å². The SMILES string of the molecule is COc1ccc(CNC(=O)C(=O)N/N=C/c2c(Cl)cccc2Cl)cc1. The molecule has 0 unspecified atom stereocenters. The lowest BCUT2D eigenvalue weighted by atomic mass is 10.2. The molecule has 2 rings (SSSR count). The maximum Gasteiger partial charge on any atom is 0.329 e. The van der Waals surface area contributed by atoms with E-state index in [1.807, 2.05) is 0 Å². The molecule has 0 fully saturated rings. The van der Waals surface area contributed by atoms with Crippen LogP contribution in [0.25, 0.3) is 0 Å².